The van der Waals surface area contributed by atoms with Crippen molar-refractivity contribution in [1.82, 2.24) is 0 Å². The molecule has 3 heteroatoms. The first-order chi connectivity index (χ1) is 11.6. The molecule has 2 aromatic rings. The third kappa shape index (κ3) is 4.38. The molecule has 1 saturated heterocycles. The zero-order valence-electron chi connectivity index (χ0n) is 14.8. The number of nitrogens with zero attached hydrogens (tertiary/aromatic N) is 1. The maximum Gasteiger partial charge on any atom is 0.335 e. The summed E-state index contributed by atoms with van der Waals surface area (Å²) in [5.41, 5.74) is 4.21. The molecule has 24 heavy (non-hydrogen) atoms. The third-order valence-corrected chi connectivity index (χ3v) is 4.52. The molecule has 0 saturated carbocycles. The minimum atomic E-state index is -0.871. The Labute approximate surface area is 144 Å². The van der Waals surface area contributed by atoms with Crippen molar-refractivity contribution in [3.05, 3.63) is 65.2 Å². The lowest BCUT2D eigenvalue weighted by Gasteiger charge is -2.34. The van der Waals surface area contributed by atoms with E-state index in [9.17, 15) is 4.79 Å². The fourth-order valence-electron chi connectivity index (χ4n) is 3.12. The molecule has 0 amide bonds. The van der Waals surface area contributed by atoms with Gasteiger partial charge in [0, 0.05) is 18.8 Å². The van der Waals surface area contributed by atoms with Gasteiger partial charge in [0.1, 0.15) is 0 Å². The van der Waals surface area contributed by atoms with Gasteiger partial charge in [-0.1, -0.05) is 43.7 Å². The number of carboxylic acid groups (broad SMARTS) is 1. The number of anilines is 1. The van der Waals surface area contributed by atoms with Gasteiger partial charge in [0.2, 0.25) is 0 Å². The molecule has 1 aliphatic heterocycles. The number of carbonyl (C=O) groups is 1. The van der Waals surface area contributed by atoms with Gasteiger partial charge in [-0.2, -0.15) is 0 Å². The quantitative estimate of drug-likeness (QED) is 0.853. The standard InChI is InChI=1S/C19H21NO2.C2H6/c1-14-2-4-15(5-3-14)16-10-12-20(13-11-16)18-8-6-17(7-9-18)19(21)22;1-2/h2-9,16H,10-13H2,1H3,(H,21,22);1-2H3. The highest BCUT2D eigenvalue weighted by Crippen LogP contribution is 2.30. The summed E-state index contributed by atoms with van der Waals surface area (Å²) in [6.45, 7) is 8.16. The molecule has 3 rings (SSSR count). The van der Waals surface area contributed by atoms with E-state index in [1.54, 1.807) is 12.1 Å². The Balaban J connectivity index is 0.00000100. The molecule has 1 heterocycles. The van der Waals surface area contributed by atoms with E-state index < -0.39 is 5.97 Å². The SMILES string of the molecule is CC.Cc1ccc(C2CCN(c3ccc(C(=O)O)cc3)CC2)cc1. The molecule has 1 N–H and O–H groups in total. The van der Waals surface area contributed by atoms with E-state index in [1.165, 1.54) is 11.1 Å². The van der Waals surface area contributed by atoms with Gasteiger partial charge in [-0.25, -0.2) is 4.79 Å². The van der Waals surface area contributed by atoms with E-state index in [1.807, 2.05) is 26.0 Å². The van der Waals surface area contributed by atoms with Gasteiger partial charge in [0.15, 0.2) is 0 Å². The van der Waals surface area contributed by atoms with E-state index >= 15 is 0 Å². The molecular weight excluding hydrogens is 298 g/mol. The number of hydrogen-bond donors (Lipinski definition) is 1. The lowest BCUT2D eigenvalue weighted by molar-refractivity contribution is 0.0697. The summed E-state index contributed by atoms with van der Waals surface area (Å²) in [7, 11) is 0. The molecule has 0 atom stereocenters. The van der Waals surface area contributed by atoms with Gasteiger partial charge >= 0.3 is 5.97 Å². The number of benzene rings is 2. The smallest absolute Gasteiger partial charge is 0.335 e. The van der Waals surface area contributed by atoms with Gasteiger partial charge in [0.05, 0.1) is 5.56 Å². The van der Waals surface area contributed by atoms with Gasteiger partial charge in [-0.3, -0.25) is 0 Å². The normalized spacial score (nSPS) is 14.7. The number of piperidine rings is 1. The van der Waals surface area contributed by atoms with Crippen molar-refractivity contribution in [1.29, 1.82) is 0 Å². The van der Waals surface area contributed by atoms with Crippen molar-refractivity contribution >= 4 is 11.7 Å². The first-order valence-electron chi connectivity index (χ1n) is 8.78. The Kier molecular flexibility index (Phi) is 6.42. The number of aryl methyl sites for hydroxylation is 1. The van der Waals surface area contributed by atoms with Crippen LogP contribution in [0, 0.1) is 6.92 Å². The van der Waals surface area contributed by atoms with E-state index in [0.717, 1.165) is 31.6 Å². The summed E-state index contributed by atoms with van der Waals surface area (Å²) in [5, 5.41) is 8.95. The summed E-state index contributed by atoms with van der Waals surface area (Å²) in [5.74, 6) is -0.236. The van der Waals surface area contributed by atoms with Crippen molar-refractivity contribution in [2.75, 3.05) is 18.0 Å². The Morgan fingerprint density at radius 3 is 2.00 bits per heavy atom. The van der Waals surface area contributed by atoms with Crippen molar-refractivity contribution in [2.45, 2.75) is 39.5 Å². The maximum atomic E-state index is 10.9. The second kappa shape index (κ2) is 8.53. The van der Waals surface area contributed by atoms with Crippen LogP contribution in [0.3, 0.4) is 0 Å². The predicted octanol–water partition coefficient (Wildman–Crippen LogP) is 5.10. The fourth-order valence-corrected chi connectivity index (χ4v) is 3.12. The van der Waals surface area contributed by atoms with Crippen LogP contribution in [0.2, 0.25) is 0 Å². The van der Waals surface area contributed by atoms with Crippen LogP contribution in [-0.4, -0.2) is 24.2 Å². The van der Waals surface area contributed by atoms with Crippen molar-refractivity contribution in [2.24, 2.45) is 0 Å². The molecular formula is C21H27NO2. The summed E-state index contributed by atoms with van der Waals surface area (Å²) >= 11 is 0. The van der Waals surface area contributed by atoms with Gasteiger partial charge in [-0.15, -0.1) is 0 Å². The van der Waals surface area contributed by atoms with Crippen LogP contribution in [0.1, 0.15) is 54.1 Å². The largest absolute Gasteiger partial charge is 0.478 e. The van der Waals surface area contributed by atoms with Crippen LogP contribution in [0.4, 0.5) is 5.69 Å². The summed E-state index contributed by atoms with van der Waals surface area (Å²) in [4.78, 5) is 13.2. The van der Waals surface area contributed by atoms with Gasteiger partial charge in [0.25, 0.3) is 0 Å². The van der Waals surface area contributed by atoms with Crippen LogP contribution in [0.5, 0.6) is 0 Å². The molecule has 0 spiro atoms. The van der Waals surface area contributed by atoms with Crippen LogP contribution < -0.4 is 4.90 Å². The first-order valence-corrected chi connectivity index (χ1v) is 8.78. The van der Waals surface area contributed by atoms with Crippen LogP contribution in [-0.2, 0) is 0 Å². The van der Waals surface area contributed by atoms with Crippen LogP contribution in [0.15, 0.2) is 48.5 Å². The van der Waals surface area contributed by atoms with Crippen molar-refractivity contribution < 1.29 is 9.90 Å². The fraction of sp³-hybridized carbons (Fsp3) is 0.381. The lowest BCUT2D eigenvalue weighted by atomic mass is 9.89. The topological polar surface area (TPSA) is 40.5 Å². The highest BCUT2D eigenvalue weighted by atomic mass is 16.4. The van der Waals surface area contributed by atoms with Gasteiger partial charge < -0.3 is 10.0 Å². The van der Waals surface area contributed by atoms with E-state index in [0.29, 0.717) is 11.5 Å². The van der Waals surface area contributed by atoms with E-state index in [-0.39, 0.29) is 0 Å². The van der Waals surface area contributed by atoms with E-state index in [4.69, 9.17) is 5.11 Å². The Morgan fingerprint density at radius 2 is 1.50 bits per heavy atom. The van der Waals surface area contributed by atoms with Gasteiger partial charge in [-0.05, 0) is 55.5 Å². The second-order valence-corrected chi connectivity index (χ2v) is 6.02. The second-order valence-electron chi connectivity index (χ2n) is 6.02. The molecule has 1 aliphatic rings. The number of carboxylic acids is 1. The number of hydrogen-bond acceptors (Lipinski definition) is 2. The highest BCUT2D eigenvalue weighted by molar-refractivity contribution is 5.88. The Bertz CT molecular complexity index is 639. The van der Waals surface area contributed by atoms with E-state index in [2.05, 4.69) is 36.1 Å². The number of aromatic carboxylic acids is 1. The maximum absolute atomic E-state index is 10.9. The van der Waals surface area contributed by atoms with Crippen molar-refractivity contribution in [3.63, 3.8) is 0 Å². The summed E-state index contributed by atoms with van der Waals surface area (Å²) < 4.78 is 0. The molecule has 0 radical (unpaired) electrons. The molecule has 2 aromatic carbocycles. The molecule has 128 valence electrons. The van der Waals surface area contributed by atoms with Crippen LogP contribution >= 0.6 is 0 Å². The molecule has 3 nitrogen and oxygen atoms in total. The first kappa shape index (κ1) is 18.1. The molecule has 0 unspecified atom stereocenters. The lowest BCUT2D eigenvalue weighted by Crippen LogP contribution is -2.32. The summed E-state index contributed by atoms with van der Waals surface area (Å²) in [6, 6.07) is 16.1. The Hall–Kier alpha value is -2.29. The molecule has 1 fully saturated rings. The highest BCUT2D eigenvalue weighted by Gasteiger charge is 2.20. The predicted molar refractivity (Wildman–Crippen MR) is 100 cm³/mol. The molecule has 0 aromatic heterocycles. The third-order valence-electron chi connectivity index (χ3n) is 4.52. The summed E-state index contributed by atoms with van der Waals surface area (Å²) in [6.07, 6.45) is 2.29. The minimum absolute atomic E-state index is 0.346. The number of rotatable bonds is 3. The van der Waals surface area contributed by atoms with Crippen molar-refractivity contribution in [3.8, 4) is 0 Å². The zero-order chi connectivity index (χ0) is 17.5. The molecule has 0 aliphatic carbocycles. The zero-order valence-corrected chi connectivity index (χ0v) is 14.8. The average molecular weight is 325 g/mol. The average Bonchev–Trinajstić information content (AvgIpc) is 2.64. The van der Waals surface area contributed by atoms with Crippen LogP contribution in [0.25, 0.3) is 0 Å². The monoisotopic (exact) mass is 325 g/mol. The Morgan fingerprint density at radius 1 is 0.958 bits per heavy atom. The molecule has 0 bridgehead atoms. The minimum Gasteiger partial charge on any atom is -0.478 e.